The summed E-state index contributed by atoms with van der Waals surface area (Å²) in [6, 6.07) is 0.340. The van der Waals surface area contributed by atoms with Crippen molar-refractivity contribution in [2.45, 2.75) is 32.2 Å². The van der Waals surface area contributed by atoms with E-state index in [9.17, 15) is 0 Å². The van der Waals surface area contributed by atoms with Crippen molar-refractivity contribution in [2.75, 3.05) is 5.73 Å². The molecule has 1 atom stereocenters. The lowest BCUT2D eigenvalue weighted by molar-refractivity contribution is 0.431. The number of anilines is 1. The molecule has 0 spiro atoms. The zero-order valence-electron chi connectivity index (χ0n) is 7.14. The van der Waals surface area contributed by atoms with Crippen molar-refractivity contribution in [3.05, 3.63) is 0 Å². The van der Waals surface area contributed by atoms with Gasteiger partial charge in [-0.1, -0.05) is 17.9 Å². The van der Waals surface area contributed by atoms with Crippen LogP contribution in [0.5, 0.6) is 0 Å². The summed E-state index contributed by atoms with van der Waals surface area (Å²) in [4.78, 5) is 0. The molecule has 5 heteroatoms. The second kappa shape index (κ2) is 2.73. The minimum atomic E-state index is 0.340. The molecule has 0 aliphatic heterocycles. The van der Waals surface area contributed by atoms with Crippen LogP contribution in [-0.4, -0.2) is 20.2 Å². The van der Waals surface area contributed by atoms with Gasteiger partial charge in [0.05, 0.1) is 6.04 Å². The molecule has 1 fully saturated rings. The van der Waals surface area contributed by atoms with E-state index in [-0.39, 0.29) is 0 Å². The summed E-state index contributed by atoms with van der Waals surface area (Å²) < 4.78 is 1.69. The van der Waals surface area contributed by atoms with Crippen LogP contribution in [-0.2, 0) is 0 Å². The van der Waals surface area contributed by atoms with Gasteiger partial charge in [0.2, 0.25) is 5.95 Å². The van der Waals surface area contributed by atoms with Gasteiger partial charge >= 0.3 is 0 Å². The number of hydrogen-bond donors (Lipinski definition) is 1. The lowest BCUT2D eigenvalue weighted by atomic mass is 10.2. The number of aromatic nitrogens is 4. The van der Waals surface area contributed by atoms with Gasteiger partial charge in [0.25, 0.3) is 0 Å². The van der Waals surface area contributed by atoms with Crippen molar-refractivity contribution < 1.29 is 0 Å². The van der Waals surface area contributed by atoms with Crippen molar-refractivity contribution in [3.63, 3.8) is 0 Å². The molecule has 1 aromatic heterocycles. The fourth-order valence-corrected chi connectivity index (χ4v) is 1.45. The molecule has 0 amide bonds. The number of hydrogen-bond acceptors (Lipinski definition) is 4. The number of tetrazole rings is 1. The molecule has 2 rings (SSSR count). The molecule has 0 bridgehead atoms. The summed E-state index contributed by atoms with van der Waals surface area (Å²) in [6.45, 7) is 2.10. The molecule has 1 aromatic rings. The first-order chi connectivity index (χ1) is 5.77. The second-order valence-electron chi connectivity index (χ2n) is 3.51. The SMILES string of the molecule is CC(CC1CC1)n1nnnc1N. The highest BCUT2D eigenvalue weighted by Crippen LogP contribution is 2.36. The van der Waals surface area contributed by atoms with Crippen LogP contribution >= 0.6 is 0 Å². The Morgan fingerprint density at radius 2 is 2.42 bits per heavy atom. The summed E-state index contributed by atoms with van der Waals surface area (Å²) in [5.74, 6) is 1.30. The maximum atomic E-state index is 5.56. The largest absolute Gasteiger partial charge is 0.367 e. The molecule has 0 radical (unpaired) electrons. The molecule has 1 aliphatic carbocycles. The molecule has 5 nitrogen and oxygen atoms in total. The Balaban J connectivity index is 2.02. The lowest BCUT2D eigenvalue weighted by Crippen LogP contribution is -2.11. The Labute approximate surface area is 70.9 Å². The Bertz CT molecular complexity index is 265. The van der Waals surface area contributed by atoms with E-state index in [2.05, 4.69) is 22.4 Å². The van der Waals surface area contributed by atoms with E-state index in [1.807, 2.05) is 0 Å². The van der Waals surface area contributed by atoms with Crippen LogP contribution in [0.15, 0.2) is 0 Å². The van der Waals surface area contributed by atoms with Crippen LogP contribution in [0.2, 0.25) is 0 Å². The Kier molecular flexibility index (Phi) is 1.71. The molecule has 1 saturated carbocycles. The third-order valence-electron chi connectivity index (χ3n) is 2.31. The van der Waals surface area contributed by atoms with Gasteiger partial charge in [0.15, 0.2) is 0 Å². The molecule has 1 aliphatic rings. The summed E-state index contributed by atoms with van der Waals surface area (Å²) >= 11 is 0. The van der Waals surface area contributed by atoms with Gasteiger partial charge in [-0.25, -0.2) is 4.68 Å². The van der Waals surface area contributed by atoms with Crippen LogP contribution in [0.25, 0.3) is 0 Å². The minimum Gasteiger partial charge on any atom is -0.367 e. The Morgan fingerprint density at radius 1 is 1.67 bits per heavy atom. The summed E-state index contributed by atoms with van der Waals surface area (Å²) in [7, 11) is 0. The van der Waals surface area contributed by atoms with E-state index in [4.69, 9.17) is 5.73 Å². The van der Waals surface area contributed by atoms with E-state index in [0.717, 1.165) is 12.3 Å². The zero-order chi connectivity index (χ0) is 8.55. The lowest BCUT2D eigenvalue weighted by Gasteiger charge is -2.09. The fourth-order valence-electron chi connectivity index (χ4n) is 1.45. The van der Waals surface area contributed by atoms with E-state index in [1.54, 1.807) is 4.68 Å². The maximum absolute atomic E-state index is 5.56. The van der Waals surface area contributed by atoms with E-state index in [1.165, 1.54) is 12.8 Å². The number of nitrogen functional groups attached to an aromatic ring is 1. The molecule has 66 valence electrons. The second-order valence-corrected chi connectivity index (χ2v) is 3.51. The Hall–Kier alpha value is -1.13. The smallest absolute Gasteiger partial charge is 0.240 e. The van der Waals surface area contributed by atoms with Crippen LogP contribution in [0.4, 0.5) is 5.95 Å². The standard InChI is InChI=1S/C7H13N5/c1-5(4-6-2-3-6)12-7(8)9-10-11-12/h5-6H,2-4H2,1H3,(H2,8,9,11). The topological polar surface area (TPSA) is 69.6 Å². The van der Waals surface area contributed by atoms with E-state index in [0.29, 0.717) is 12.0 Å². The first-order valence-electron chi connectivity index (χ1n) is 4.30. The fraction of sp³-hybridized carbons (Fsp3) is 0.857. The quantitative estimate of drug-likeness (QED) is 0.716. The Morgan fingerprint density at radius 3 is 2.92 bits per heavy atom. The molecule has 12 heavy (non-hydrogen) atoms. The number of nitrogens with two attached hydrogens (primary N) is 1. The van der Waals surface area contributed by atoms with Gasteiger partial charge in [-0.3, -0.25) is 0 Å². The van der Waals surface area contributed by atoms with Gasteiger partial charge in [-0.15, -0.1) is 0 Å². The summed E-state index contributed by atoms with van der Waals surface area (Å²) in [5, 5.41) is 11.0. The first kappa shape index (κ1) is 7.52. The predicted octanol–water partition coefficient (Wildman–Crippen LogP) is 0.616. The van der Waals surface area contributed by atoms with Gasteiger partial charge in [0, 0.05) is 0 Å². The van der Waals surface area contributed by atoms with Gasteiger partial charge in [0.1, 0.15) is 0 Å². The average Bonchev–Trinajstić information content (AvgIpc) is 2.72. The van der Waals surface area contributed by atoms with Crippen molar-refractivity contribution in [1.82, 2.24) is 20.2 Å². The number of rotatable bonds is 3. The third kappa shape index (κ3) is 1.39. The molecular weight excluding hydrogens is 154 g/mol. The monoisotopic (exact) mass is 167 g/mol. The zero-order valence-corrected chi connectivity index (χ0v) is 7.14. The van der Waals surface area contributed by atoms with Gasteiger partial charge in [-0.2, -0.15) is 0 Å². The molecule has 0 saturated heterocycles. The first-order valence-corrected chi connectivity index (χ1v) is 4.30. The third-order valence-corrected chi connectivity index (χ3v) is 2.31. The van der Waals surface area contributed by atoms with Crippen molar-refractivity contribution in [2.24, 2.45) is 5.92 Å². The van der Waals surface area contributed by atoms with Crippen LogP contribution in [0, 0.1) is 5.92 Å². The van der Waals surface area contributed by atoms with Crippen molar-refractivity contribution in [1.29, 1.82) is 0 Å². The van der Waals surface area contributed by atoms with Crippen LogP contribution in [0.3, 0.4) is 0 Å². The van der Waals surface area contributed by atoms with Crippen molar-refractivity contribution >= 4 is 5.95 Å². The summed E-state index contributed by atoms with van der Waals surface area (Å²) in [5.41, 5.74) is 5.56. The maximum Gasteiger partial charge on any atom is 0.240 e. The highest BCUT2D eigenvalue weighted by Gasteiger charge is 2.25. The average molecular weight is 167 g/mol. The minimum absolute atomic E-state index is 0.340. The number of nitrogens with zero attached hydrogens (tertiary/aromatic N) is 4. The molecule has 1 heterocycles. The van der Waals surface area contributed by atoms with E-state index < -0.39 is 0 Å². The molecule has 0 aromatic carbocycles. The molecule has 2 N–H and O–H groups in total. The highest BCUT2D eigenvalue weighted by molar-refractivity contribution is 5.11. The van der Waals surface area contributed by atoms with Crippen molar-refractivity contribution in [3.8, 4) is 0 Å². The van der Waals surface area contributed by atoms with Crippen LogP contribution in [0.1, 0.15) is 32.2 Å². The molecule has 1 unspecified atom stereocenters. The van der Waals surface area contributed by atoms with Gasteiger partial charge in [-0.05, 0) is 29.7 Å². The molecular formula is C7H13N5. The predicted molar refractivity (Wildman–Crippen MR) is 44.3 cm³/mol. The highest BCUT2D eigenvalue weighted by atomic mass is 15.6. The summed E-state index contributed by atoms with van der Waals surface area (Å²) in [6.07, 6.45) is 3.86. The van der Waals surface area contributed by atoms with E-state index >= 15 is 0 Å². The normalized spacial score (nSPS) is 19.4. The van der Waals surface area contributed by atoms with Gasteiger partial charge < -0.3 is 5.73 Å². The van der Waals surface area contributed by atoms with Crippen LogP contribution < -0.4 is 5.73 Å².